The molecule has 2 atom stereocenters. The Bertz CT molecular complexity index is 1260. The van der Waals surface area contributed by atoms with Crippen LogP contribution >= 0.6 is 0 Å². The molecular weight excluding hydrogens is 534 g/mol. The van der Waals surface area contributed by atoms with Crippen LogP contribution in [0.1, 0.15) is 34.3 Å². The molecule has 0 aliphatic carbocycles. The third kappa shape index (κ3) is 6.99. The van der Waals surface area contributed by atoms with Gasteiger partial charge in [-0.05, 0) is 83.9 Å². The van der Waals surface area contributed by atoms with Crippen molar-refractivity contribution in [1.82, 2.24) is 0 Å². The summed E-state index contributed by atoms with van der Waals surface area (Å²) in [5.74, 6) is 1.21. The molecule has 10 heteroatoms. The first kappa shape index (κ1) is 28.7. The van der Waals surface area contributed by atoms with Gasteiger partial charge in [-0.3, -0.25) is 0 Å². The van der Waals surface area contributed by atoms with Crippen LogP contribution in [0.5, 0.6) is 11.5 Å². The van der Waals surface area contributed by atoms with E-state index < -0.39 is 35.6 Å². The Labute approximate surface area is 227 Å². The number of halogens is 6. The number of alkyl halides is 6. The fraction of sp³-hybridized carbons (Fsp3) is 0.200. The Morgan fingerprint density at radius 2 is 0.775 bits per heavy atom. The zero-order chi connectivity index (χ0) is 28.9. The lowest BCUT2D eigenvalue weighted by molar-refractivity contribution is -0.138. The molecule has 0 fully saturated rings. The highest BCUT2D eigenvalue weighted by molar-refractivity contribution is 5.53. The first-order valence-electron chi connectivity index (χ1n) is 12.1. The van der Waals surface area contributed by atoms with Crippen molar-refractivity contribution in [2.24, 2.45) is 0 Å². The Kier molecular flexibility index (Phi) is 8.46. The van der Waals surface area contributed by atoms with Crippen molar-refractivity contribution in [3.8, 4) is 11.5 Å². The van der Waals surface area contributed by atoms with Gasteiger partial charge in [-0.2, -0.15) is 26.3 Å². The summed E-state index contributed by atoms with van der Waals surface area (Å²) in [6.07, 6.45) is -9.04. The number of methoxy groups -OCH3 is 2. The van der Waals surface area contributed by atoms with E-state index in [1.54, 1.807) is 48.5 Å². The molecule has 0 saturated heterocycles. The van der Waals surface area contributed by atoms with E-state index in [-0.39, 0.29) is 0 Å². The van der Waals surface area contributed by atoms with E-state index in [4.69, 9.17) is 9.47 Å². The monoisotopic (exact) mass is 560 g/mol. The maximum Gasteiger partial charge on any atom is 0.416 e. The molecular formula is C30H26F6N2O2. The van der Waals surface area contributed by atoms with E-state index in [0.717, 1.165) is 24.3 Å². The van der Waals surface area contributed by atoms with E-state index >= 15 is 0 Å². The first-order valence-corrected chi connectivity index (χ1v) is 12.1. The van der Waals surface area contributed by atoms with Crippen molar-refractivity contribution in [3.63, 3.8) is 0 Å². The predicted molar refractivity (Wildman–Crippen MR) is 142 cm³/mol. The Morgan fingerprint density at radius 3 is 1.02 bits per heavy atom. The minimum atomic E-state index is -4.52. The lowest BCUT2D eigenvalue weighted by Crippen LogP contribution is -2.26. The summed E-state index contributed by atoms with van der Waals surface area (Å²) in [4.78, 5) is 0. The number of hydrogen-bond donors (Lipinski definition) is 2. The highest BCUT2D eigenvalue weighted by Crippen LogP contribution is 2.39. The molecule has 0 heterocycles. The van der Waals surface area contributed by atoms with E-state index in [9.17, 15) is 26.3 Å². The van der Waals surface area contributed by atoms with Crippen LogP contribution in [0.25, 0.3) is 0 Å². The van der Waals surface area contributed by atoms with Gasteiger partial charge in [-0.25, -0.2) is 0 Å². The number of benzene rings is 4. The fourth-order valence-electron chi connectivity index (χ4n) is 4.21. The Morgan fingerprint density at radius 1 is 0.475 bits per heavy atom. The smallest absolute Gasteiger partial charge is 0.416 e. The molecule has 0 unspecified atom stereocenters. The predicted octanol–water partition coefficient (Wildman–Crippen LogP) is 8.75. The Balaban J connectivity index is 1.81. The average Bonchev–Trinajstić information content (AvgIpc) is 2.95. The van der Waals surface area contributed by atoms with Crippen LogP contribution in [0.15, 0.2) is 97.1 Å². The lowest BCUT2D eigenvalue weighted by Gasteiger charge is -2.32. The second-order valence-electron chi connectivity index (χ2n) is 8.94. The normalized spacial score (nSPS) is 13.3. The number of ether oxygens (including phenoxy) is 2. The summed E-state index contributed by atoms with van der Waals surface area (Å²) < 4.78 is 90.2. The zero-order valence-electron chi connectivity index (χ0n) is 21.5. The van der Waals surface area contributed by atoms with Gasteiger partial charge in [0.05, 0.1) is 37.4 Å². The highest BCUT2D eigenvalue weighted by atomic mass is 19.4. The molecule has 0 aliphatic rings. The molecule has 0 bridgehead atoms. The largest absolute Gasteiger partial charge is 0.497 e. The van der Waals surface area contributed by atoms with Crippen molar-refractivity contribution in [2.75, 3.05) is 24.9 Å². The summed E-state index contributed by atoms with van der Waals surface area (Å²) in [7, 11) is 3.04. The molecule has 4 aromatic rings. The van der Waals surface area contributed by atoms with Crippen LogP contribution in [-0.4, -0.2) is 14.2 Å². The molecule has 4 aromatic carbocycles. The van der Waals surface area contributed by atoms with Gasteiger partial charge in [0.2, 0.25) is 0 Å². The van der Waals surface area contributed by atoms with E-state index in [1.807, 2.05) is 0 Å². The number of rotatable bonds is 9. The minimum Gasteiger partial charge on any atom is -0.497 e. The zero-order valence-corrected chi connectivity index (χ0v) is 21.5. The molecule has 0 spiro atoms. The van der Waals surface area contributed by atoms with Crippen LogP contribution < -0.4 is 20.1 Å². The number of nitrogens with one attached hydrogen (secondary N) is 2. The summed E-state index contributed by atoms with van der Waals surface area (Å²) in [6, 6.07) is 21.8. The second kappa shape index (κ2) is 11.8. The summed E-state index contributed by atoms with van der Waals surface area (Å²) in [6.45, 7) is 0. The third-order valence-electron chi connectivity index (χ3n) is 6.35. The molecule has 4 rings (SSSR count). The van der Waals surface area contributed by atoms with Crippen molar-refractivity contribution in [1.29, 1.82) is 0 Å². The van der Waals surface area contributed by atoms with Gasteiger partial charge in [0.25, 0.3) is 0 Å². The van der Waals surface area contributed by atoms with Gasteiger partial charge in [0, 0.05) is 11.4 Å². The van der Waals surface area contributed by atoms with Crippen LogP contribution in [0.4, 0.5) is 37.7 Å². The molecule has 0 amide bonds. The maximum absolute atomic E-state index is 13.3. The van der Waals surface area contributed by atoms with Gasteiger partial charge in [0.15, 0.2) is 0 Å². The summed E-state index contributed by atoms with van der Waals surface area (Å²) in [5, 5.41) is 6.69. The van der Waals surface area contributed by atoms with Crippen molar-refractivity contribution in [2.45, 2.75) is 24.4 Å². The van der Waals surface area contributed by atoms with E-state index in [1.165, 1.54) is 38.5 Å². The fourth-order valence-corrected chi connectivity index (χ4v) is 4.21. The maximum atomic E-state index is 13.3. The van der Waals surface area contributed by atoms with Crippen molar-refractivity contribution >= 4 is 11.4 Å². The molecule has 0 saturated carbocycles. The SMILES string of the molecule is COc1ccc(N[C@H](c2ccc(C(F)(F)F)cc2)[C@@H](Nc2ccc(OC)cc2)c2ccc(C(F)(F)F)cc2)cc1. The van der Waals surface area contributed by atoms with Crippen LogP contribution in [0.3, 0.4) is 0 Å². The van der Waals surface area contributed by atoms with E-state index in [2.05, 4.69) is 10.6 Å². The highest BCUT2D eigenvalue weighted by Gasteiger charge is 2.33. The quantitative estimate of drug-likeness (QED) is 0.201. The van der Waals surface area contributed by atoms with Crippen molar-refractivity contribution in [3.05, 3.63) is 119 Å². The molecule has 0 radical (unpaired) electrons. The van der Waals surface area contributed by atoms with Gasteiger partial charge in [-0.1, -0.05) is 24.3 Å². The molecule has 2 N–H and O–H groups in total. The second-order valence-corrected chi connectivity index (χ2v) is 8.94. The van der Waals surface area contributed by atoms with Crippen molar-refractivity contribution < 1.29 is 35.8 Å². The van der Waals surface area contributed by atoms with Crippen LogP contribution in [0, 0.1) is 0 Å². The van der Waals surface area contributed by atoms with Gasteiger partial charge < -0.3 is 20.1 Å². The summed E-state index contributed by atoms with van der Waals surface area (Å²) in [5.41, 5.74) is 0.588. The first-order chi connectivity index (χ1) is 19.0. The molecule has 4 nitrogen and oxygen atoms in total. The minimum absolute atomic E-state index is 0.481. The topological polar surface area (TPSA) is 42.5 Å². The van der Waals surface area contributed by atoms with Crippen LogP contribution in [-0.2, 0) is 12.4 Å². The third-order valence-corrected chi connectivity index (χ3v) is 6.35. The summed E-state index contributed by atoms with van der Waals surface area (Å²) >= 11 is 0. The van der Waals surface area contributed by atoms with Gasteiger partial charge in [-0.15, -0.1) is 0 Å². The molecule has 0 aromatic heterocycles. The van der Waals surface area contributed by atoms with Crippen LogP contribution in [0.2, 0.25) is 0 Å². The van der Waals surface area contributed by atoms with Gasteiger partial charge >= 0.3 is 12.4 Å². The molecule has 0 aliphatic heterocycles. The number of anilines is 2. The Hall–Kier alpha value is -4.34. The lowest BCUT2D eigenvalue weighted by atomic mass is 9.91. The van der Waals surface area contributed by atoms with Gasteiger partial charge in [0.1, 0.15) is 11.5 Å². The standard InChI is InChI=1S/C30H26F6N2O2/c1-39-25-15-11-23(12-16-25)37-27(19-3-7-21(8-4-19)29(31,32)33)28(38-24-13-17-26(40-2)18-14-24)20-5-9-22(10-6-20)30(34,35)36/h3-18,27-28,37-38H,1-2H3/t27-,28+. The molecule has 210 valence electrons. The van der Waals surface area contributed by atoms with E-state index in [0.29, 0.717) is 34.0 Å². The number of hydrogen-bond acceptors (Lipinski definition) is 4. The molecule has 40 heavy (non-hydrogen) atoms. The average molecular weight is 561 g/mol.